The lowest BCUT2D eigenvalue weighted by Crippen LogP contribution is -2.12. The first-order valence-electron chi connectivity index (χ1n) is 12.8. The molecular formula is C30H31N5O2. The molecule has 1 fully saturated rings. The topological polar surface area (TPSA) is 89.0 Å². The number of carbonyl (C=O) groups excluding carboxylic acids is 1. The molecule has 0 atom stereocenters. The molecule has 1 saturated carbocycles. The third-order valence-corrected chi connectivity index (χ3v) is 6.82. The highest BCUT2D eigenvalue weighted by atomic mass is 16.5. The van der Waals surface area contributed by atoms with Gasteiger partial charge in [0.05, 0.1) is 11.3 Å². The molecule has 7 heteroatoms. The summed E-state index contributed by atoms with van der Waals surface area (Å²) in [5, 5.41) is 5.95. The minimum absolute atomic E-state index is 0.126. The first-order valence-corrected chi connectivity index (χ1v) is 12.8. The number of rotatable bonds is 7. The van der Waals surface area contributed by atoms with Gasteiger partial charge in [-0.2, -0.15) is 0 Å². The van der Waals surface area contributed by atoms with Crippen molar-refractivity contribution in [3.05, 3.63) is 89.7 Å². The van der Waals surface area contributed by atoms with Crippen molar-refractivity contribution in [3.63, 3.8) is 0 Å². The van der Waals surface area contributed by atoms with E-state index in [1.165, 1.54) is 37.7 Å². The van der Waals surface area contributed by atoms with Gasteiger partial charge in [-0.1, -0.05) is 31.4 Å². The van der Waals surface area contributed by atoms with Crippen molar-refractivity contribution >= 4 is 17.5 Å². The van der Waals surface area contributed by atoms with Gasteiger partial charge in [-0.3, -0.25) is 4.79 Å². The summed E-state index contributed by atoms with van der Waals surface area (Å²) in [4.78, 5) is 26.0. The molecule has 7 nitrogen and oxygen atoms in total. The molecule has 2 aromatic carbocycles. The lowest BCUT2D eigenvalue weighted by atomic mass is 9.84. The van der Waals surface area contributed by atoms with Crippen molar-refractivity contribution in [3.8, 4) is 22.9 Å². The second kappa shape index (κ2) is 11.2. The van der Waals surface area contributed by atoms with E-state index < -0.39 is 0 Å². The van der Waals surface area contributed by atoms with E-state index in [0.717, 1.165) is 11.1 Å². The van der Waals surface area contributed by atoms with E-state index in [2.05, 4.69) is 37.7 Å². The number of aryl methyl sites for hydroxylation is 1. The van der Waals surface area contributed by atoms with E-state index >= 15 is 0 Å². The fourth-order valence-electron chi connectivity index (χ4n) is 4.79. The van der Waals surface area contributed by atoms with Gasteiger partial charge < -0.3 is 15.4 Å². The monoisotopic (exact) mass is 493 g/mol. The first kappa shape index (κ1) is 24.4. The van der Waals surface area contributed by atoms with Crippen molar-refractivity contribution in [2.75, 3.05) is 17.7 Å². The molecule has 0 saturated heterocycles. The van der Waals surface area contributed by atoms with Crippen molar-refractivity contribution in [1.29, 1.82) is 0 Å². The van der Waals surface area contributed by atoms with Crippen LogP contribution >= 0.6 is 0 Å². The number of pyridine rings is 1. The molecule has 5 rings (SSSR count). The third-order valence-electron chi connectivity index (χ3n) is 6.82. The van der Waals surface area contributed by atoms with Gasteiger partial charge in [0.1, 0.15) is 5.75 Å². The summed E-state index contributed by atoms with van der Waals surface area (Å²) in [6, 6.07) is 19.2. The van der Waals surface area contributed by atoms with Crippen molar-refractivity contribution in [2.24, 2.45) is 0 Å². The van der Waals surface area contributed by atoms with Gasteiger partial charge in [-0.25, -0.2) is 15.0 Å². The molecule has 37 heavy (non-hydrogen) atoms. The van der Waals surface area contributed by atoms with Crippen LogP contribution in [-0.2, 0) is 0 Å². The average Bonchev–Trinajstić information content (AvgIpc) is 2.95. The highest BCUT2D eigenvalue weighted by Crippen LogP contribution is 2.34. The molecule has 1 aliphatic rings. The van der Waals surface area contributed by atoms with Crippen molar-refractivity contribution in [1.82, 2.24) is 15.0 Å². The second-order valence-corrected chi connectivity index (χ2v) is 9.37. The van der Waals surface area contributed by atoms with Crippen LogP contribution in [0.3, 0.4) is 0 Å². The standard InChI is InChI=1S/C30H31N5O2/c1-20-19-24(34-28(36)23-12-10-22(11-13-23)21-7-4-3-5-8-21)14-15-27(20)37-29-25(9-6-17-32-29)26-16-18-33-30(31-2)35-26/h6,9-19,21H,3-5,7-8H2,1-2H3,(H,34,36)(H,31,33,35). The Bertz CT molecular complexity index is 1380. The summed E-state index contributed by atoms with van der Waals surface area (Å²) in [5.41, 5.74) is 5.05. The second-order valence-electron chi connectivity index (χ2n) is 9.37. The molecular weight excluding hydrogens is 462 g/mol. The van der Waals surface area contributed by atoms with Crippen LogP contribution in [-0.4, -0.2) is 27.9 Å². The van der Waals surface area contributed by atoms with Crippen molar-refractivity contribution in [2.45, 2.75) is 44.9 Å². The summed E-state index contributed by atoms with van der Waals surface area (Å²) in [5.74, 6) is 2.12. The number of amides is 1. The number of hydrogen-bond acceptors (Lipinski definition) is 6. The number of nitrogens with zero attached hydrogens (tertiary/aromatic N) is 3. The van der Waals surface area contributed by atoms with Crippen LogP contribution in [0.4, 0.5) is 11.6 Å². The Kier molecular flexibility index (Phi) is 7.40. The minimum Gasteiger partial charge on any atom is -0.438 e. The van der Waals surface area contributed by atoms with E-state index in [1.807, 2.05) is 55.5 Å². The van der Waals surface area contributed by atoms with E-state index in [9.17, 15) is 4.79 Å². The molecule has 2 heterocycles. The molecule has 2 N–H and O–H groups in total. The van der Waals surface area contributed by atoms with Gasteiger partial charge in [0, 0.05) is 30.7 Å². The zero-order chi connectivity index (χ0) is 25.6. The predicted octanol–water partition coefficient (Wildman–Crippen LogP) is 6.98. The van der Waals surface area contributed by atoms with Gasteiger partial charge in [0.15, 0.2) is 0 Å². The summed E-state index contributed by atoms with van der Waals surface area (Å²) in [6.45, 7) is 1.94. The lowest BCUT2D eigenvalue weighted by Gasteiger charge is -2.22. The van der Waals surface area contributed by atoms with Gasteiger partial charge in [-0.15, -0.1) is 0 Å². The zero-order valence-corrected chi connectivity index (χ0v) is 21.2. The predicted molar refractivity (Wildman–Crippen MR) is 146 cm³/mol. The minimum atomic E-state index is -0.126. The van der Waals surface area contributed by atoms with Crippen LogP contribution in [0, 0.1) is 6.92 Å². The number of nitrogens with one attached hydrogen (secondary N) is 2. The molecule has 2 aromatic heterocycles. The van der Waals surface area contributed by atoms with Gasteiger partial charge in [0.25, 0.3) is 5.91 Å². The van der Waals surface area contributed by atoms with E-state index in [-0.39, 0.29) is 5.91 Å². The van der Waals surface area contributed by atoms with Crippen LogP contribution in [0.1, 0.15) is 59.5 Å². The molecule has 1 aliphatic carbocycles. The summed E-state index contributed by atoms with van der Waals surface area (Å²) < 4.78 is 6.18. The normalized spacial score (nSPS) is 13.7. The maximum absolute atomic E-state index is 12.9. The van der Waals surface area contributed by atoms with Gasteiger partial charge in [-0.05, 0) is 85.3 Å². The zero-order valence-electron chi connectivity index (χ0n) is 21.2. The average molecular weight is 494 g/mol. The number of carbonyl (C=O) groups is 1. The number of benzene rings is 2. The smallest absolute Gasteiger partial charge is 0.255 e. The Balaban J connectivity index is 1.28. The van der Waals surface area contributed by atoms with Crippen LogP contribution in [0.25, 0.3) is 11.3 Å². The van der Waals surface area contributed by atoms with E-state index in [1.54, 1.807) is 19.4 Å². The molecule has 0 radical (unpaired) electrons. The van der Waals surface area contributed by atoms with Crippen molar-refractivity contribution < 1.29 is 9.53 Å². The van der Waals surface area contributed by atoms with Gasteiger partial charge in [0.2, 0.25) is 11.8 Å². The number of aromatic nitrogens is 3. The molecule has 0 bridgehead atoms. The first-order chi connectivity index (χ1) is 18.1. The Morgan fingerprint density at radius 2 is 1.76 bits per heavy atom. The highest BCUT2D eigenvalue weighted by molar-refractivity contribution is 6.04. The summed E-state index contributed by atoms with van der Waals surface area (Å²) >= 11 is 0. The fourth-order valence-corrected chi connectivity index (χ4v) is 4.79. The quantitative estimate of drug-likeness (QED) is 0.289. The number of ether oxygens (including phenoxy) is 1. The molecule has 4 aromatic rings. The van der Waals surface area contributed by atoms with E-state index in [0.29, 0.717) is 40.4 Å². The van der Waals surface area contributed by atoms with Gasteiger partial charge >= 0.3 is 0 Å². The number of anilines is 2. The Morgan fingerprint density at radius 1 is 0.946 bits per heavy atom. The van der Waals surface area contributed by atoms with Crippen LogP contribution in [0.15, 0.2) is 73.1 Å². The maximum atomic E-state index is 12.9. The van der Waals surface area contributed by atoms with Crippen LogP contribution in [0.2, 0.25) is 0 Å². The number of hydrogen-bond donors (Lipinski definition) is 2. The summed E-state index contributed by atoms with van der Waals surface area (Å²) in [7, 11) is 1.77. The summed E-state index contributed by atoms with van der Waals surface area (Å²) in [6.07, 6.45) is 9.80. The third kappa shape index (κ3) is 5.77. The Hall–Kier alpha value is -4.26. The van der Waals surface area contributed by atoms with Crippen LogP contribution < -0.4 is 15.4 Å². The molecule has 0 spiro atoms. The maximum Gasteiger partial charge on any atom is 0.255 e. The Labute approximate surface area is 217 Å². The van der Waals surface area contributed by atoms with E-state index in [4.69, 9.17) is 4.74 Å². The SMILES string of the molecule is CNc1nccc(-c2cccnc2Oc2ccc(NC(=O)c3ccc(C4CCCCC4)cc3)cc2C)n1. The molecule has 188 valence electrons. The van der Waals surface area contributed by atoms with Crippen LogP contribution in [0.5, 0.6) is 11.6 Å². The lowest BCUT2D eigenvalue weighted by molar-refractivity contribution is 0.102. The highest BCUT2D eigenvalue weighted by Gasteiger charge is 2.17. The molecule has 0 aliphatic heterocycles. The fraction of sp³-hybridized carbons (Fsp3) is 0.267. The molecule has 1 amide bonds. The largest absolute Gasteiger partial charge is 0.438 e. The molecule has 0 unspecified atom stereocenters. The Morgan fingerprint density at radius 3 is 2.51 bits per heavy atom.